The van der Waals surface area contributed by atoms with Crippen LogP contribution in [0.5, 0.6) is 0 Å². The van der Waals surface area contributed by atoms with Gasteiger partial charge in [0.15, 0.2) is 0 Å². The summed E-state index contributed by atoms with van der Waals surface area (Å²) in [4.78, 5) is 2.37. The highest BCUT2D eigenvalue weighted by Gasteiger charge is 2.32. The molecule has 0 spiro atoms. The number of rotatable bonds is 3. The molecule has 0 unspecified atom stereocenters. The fourth-order valence-electron chi connectivity index (χ4n) is 2.65. The monoisotopic (exact) mass is 229 g/mol. The Balaban J connectivity index is 2.41. The van der Waals surface area contributed by atoms with E-state index >= 15 is 0 Å². The van der Waals surface area contributed by atoms with Gasteiger partial charge in [0.05, 0.1) is 18.0 Å². The second-order valence-electron chi connectivity index (χ2n) is 4.37. The minimum Gasteiger partial charge on any atom is -0.383 e. The van der Waals surface area contributed by atoms with Crippen LogP contribution in [0.1, 0.15) is 25.5 Å². The van der Waals surface area contributed by atoms with Gasteiger partial charge in [-0.05, 0) is 24.7 Å². The largest absolute Gasteiger partial charge is 0.383 e. The van der Waals surface area contributed by atoms with Crippen molar-refractivity contribution in [1.82, 2.24) is 4.90 Å². The molecule has 0 aromatic heterocycles. The Hall–Kier alpha value is -1.53. The fourth-order valence-corrected chi connectivity index (χ4v) is 2.65. The summed E-state index contributed by atoms with van der Waals surface area (Å²) in [6.07, 6.45) is 0. The number of nitriles is 1. The molecule has 1 aromatic rings. The molecule has 1 heterocycles. The second-order valence-corrected chi connectivity index (χ2v) is 4.37. The highest BCUT2D eigenvalue weighted by molar-refractivity contribution is 5.55. The summed E-state index contributed by atoms with van der Waals surface area (Å²) in [5.74, 6) is 0.0322. The molecule has 0 saturated carbocycles. The Labute approximate surface area is 103 Å². The van der Waals surface area contributed by atoms with Gasteiger partial charge in [-0.1, -0.05) is 32.0 Å². The van der Waals surface area contributed by atoms with Crippen molar-refractivity contribution < 1.29 is 0 Å². The molecule has 1 aliphatic rings. The van der Waals surface area contributed by atoms with Gasteiger partial charge in [-0.25, -0.2) is 0 Å². The van der Waals surface area contributed by atoms with Crippen LogP contribution in [0, 0.1) is 17.2 Å². The van der Waals surface area contributed by atoms with E-state index < -0.39 is 0 Å². The Morgan fingerprint density at radius 3 is 2.71 bits per heavy atom. The molecule has 0 amide bonds. The molecule has 90 valence electrons. The quantitative estimate of drug-likeness (QED) is 0.866. The topological polar surface area (TPSA) is 39.1 Å². The molecule has 3 heteroatoms. The third kappa shape index (κ3) is 2.13. The third-order valence-corrected chi connectivity index (χ3v) is 3.54. The summed E-state index contributed by atoms with van der Waals surface area (Å²) in [7, 11) is 0. The fraction of sp³-hybridized carbons (Fsp3) is 0.500. The van der Waals surface area contributed by atoms with Crippen molar-refractivity contribution in [3.05, 3.63) is 29.8 Å². The smallest absolute Gasteiger partial charge is 0.0833 e. The van der Waals surface area contributed by atoms with Crippen molar-refractivity contribution in [2.75, 3.05) is 25.0 Å². The van der Waals surface area contributed by atoms with Gasteiger partial charge in [0.2, 0.25) is 0 Å². The molecule has 17 heavy (non-hydrogen) atoms. The van der Waals surface area contributed by atoms with E-state index in [0.717, 1.165) is 19.6 Å². The molecule has 0 bridgehead atoms. The average molecular weight is 229 g/mol. The van der Waals surface area contributed by atoms with Gasteiger partial charge < -0.3 is 5.32 Å². The van der Waals surface area contributed by atoms with Crippen LogP contribution in [0.4, 0.5) is 5.69 Å². The predicted molar refractivity (Wildman–Crippen MR) is 69.7 cm³/mol. The van der Waals surface area contributed by atoms with Gasteiger partial charge in [0.1, 0.15) is 0 Å². The summed E-state index contributed by atoms with van der Waals surface area (Å²) in [5, 5.41) is 12.7. The van der Waals surface area contributed by atoms with Crippen LogP contribution >= 0.6 is 0 Å². The van der Waals surface area contributed by atoms with E-state index in [1.54, 1.807) is 0 Å². The Bertz CT molecular complexity index is 418. The maximum Gasteiger partial charge on any atom is 0.0833 e. The summed E-state index contributed by atoms with van der Waals surface area (Å²) in [6, 6.07) is 11.0. The molecule has 1 aliphatic heterocycles. The minimum absolute atomic E-state index is 0.0322. The first kappa shape index (κ1) is 11.9. The van der Waals surface area contributed by atoms with E-state index in [-0.39, 0.29) is 12.0 Å². The number of para-hydroxylation sites is 1. The van der Waals surface area contributed by atoms with Crippen LogP contribution in [-0.4, -0.2) is 24.5 Å². The summed E-state index contributed by atoms with van der Waals surface area (Å²) in [6.45, 7) is 7.02. The zero-order valence-electron chi connectivity index (χ0n) is 10.5. The normalized spacial score (nSPS) is 22.7. The van der Waals surface area contributed by atoms with Crippen LogP contribution in [0.25, 0.3) is 0 Å². The van der Waals surface area contributed by atoms with Gasteiger partial charge in [-0.2, -0.15) is 5.26 Å². The van der Waals surface area contributed by atoms with E-state index in [9.17, 15) is 5.26 Å². The van der Waals surface area contributed by atoms with Gasteiger partial charge >= 0.3 is 0 Å². The van der Waals surface area contributed by atoms with Crippen molar-refractivity contribution in [2.24, 2.45) is 5.92 Å². The zero-order chi connectivity index (χ0) is 12.3. The maximum absolute atomic E-state index is 9.31. The Morgan fingerprint density at radius 1 is 1.35 bits per heavy atom. The van der Waals surface area contributed by atoms with E-state index in [4.69, 9.17) is 0 Å². The second kappa shape index (κ2) is 5.20. The van der Waals surface area contributed by atoms with Crippen molar-refractivity contribution in [2.45, 2.75) is 19.9 Å². The molecule has 3 nitrogen and oxygen atoms in total. The number of nitrogens with zero attached hydrogens (tertiary/aromatic N) is 2. The SMILES string of the molecule is CCN(CC)[C@@H]1c2ccccc2NC[C@H]1C#N. The van der Waals surface area contributed by atoms with Crippen LogP contribution in [-0.2, 0) is 0 Å². The van der Waals surface area contributed by atoms with Crippen molar-refractivity contribution in [3.8, 4) is 6.07 Å². The first-order valence-electron chi connectivity index (χ1n) is 6.28. The molecule has 1 N–H and O–H groups in total. The minimum atomic E-state index is 0.0322. The van der Waals surface area contributed by atoms with Crippen molar-refractivity contribution in [1.29, 1.82) is 5.26 Å². The van der Waals surface area contributed by atoms with Crippen molar-refractivity contribution >= 4 is 5.69 Å². The number of hydrogen-bond donors (Lipinski definition) is 1. The molecule has 0 aliphatic carbocycles. The van der Waals surface area contributed by atoms with E-state index in [1.807, 2.05) is 6.07 Å². The van der Waals surface area contributed by atoms with Crippen LogP contribution in [0.3, 0.4) is 0 Å². The van der Waals surface area contributed by atoms with Gasteiger partial charge in [-0.15, -0.1) is 0 Å². The molecular formula is C14H19N3. The standard InChI is InChI=1S/C14H19N3/c1-3-17(4-2)14-11(9-15)10-16-13-8-6-5-7-12(13)14/h5-8,11,14,16H,3-4,10H2,1-2H3/t11-,14+/m1/s1. The average Bonchev–Trinajstić information content (AvgIpc) is 2.40. The number of fused-ring (bicyclic) bond motifs is 1. The highest BCUT2D eigenvalue weighted by Crippen LogP contribution is 2.37. The maximum atomic E-state index is 9.31. The Kier molecular flexibility index (Phi) is 3.65. The molecule has 2 rings (SSSR count). The van der Waals surface area contributed by atoms with Crippen LogP contribution < -0.4 is 5.32 Å². The molecular weight excluding hydrogens is 210 g/mol. The summed E-state index contributed by atoms with van der Waals surface area (Å²) >= 11 is 0. The molecule has 0 radical (unpaired) electrons. The van der Waals surface area contributed by atoms with E-state index in [0.29, 0.717) is 0 Å². The summed E-state index contributed by atoms with van der Waals surface area (Å²) in [5.41, 5.74) is 2.44. The lowest BCUT2D eigenvalue weighted by atomic mass is 9.88. The highest BCUT2D eigenvalue weighted by atomic mass is 15.2. The van der Waals surface area contributed by atoms with Gasteiger partial charge in [0, 0.05) is 12.2 Å². The van der Waals surface area contributed by atoms with Gasteiger partial charge in [-0.3, -0.25) is 4.90 Å². The number of anilines is 1. The van der Waals surface area contributed by atoms with Crippen LogP contribution in [0.15, 0.2) is 24.3 Å². The van der Waals surface area contributed by atoms with Crippen molar-refractivity contribution in [3.63, 3.8) is 0 Å². The van der Waals surface area contributed by atoms with Crippen LogP contribution in [0.2, 0.25) is 0 Å². The third-order valence-electron chi connectivity index (χ3n) is 3.54. The first-order chi connectivity index (χ1) is 8.31. The Morgan fingerprint density at radius 2 is 2.06 bits per heavy atom. The molecule has 1 aromatic carbocycles. The molecule has 0 saturated heterocycles. The zero-order valence-corrected chi connectivity index (χ0v) is 10.5. The first-order valence-corrected chi connectivity index (χ1v) is 6.28. The number of benzene rings is 1. The lowest BCUT2D eigenvalue weighted by Crippen LogP contribution is -2.39. The number of hydrogen-bond acceptors (Lipinski definition) is 3. The lowest BCUT2D eigenvalue weighted by molar-refractivity contribution is 0.180. The number of nitrogens with one attached hydrogen (secondary N) is 1. The van der Waals surface area contributed by atoms with Gasteiger partial charge in [0.25, 0.3) is 0 Å². The van der Waals surface area contributed by atoms with E-state index in [1.165, 1.54) is 11.3 Å². The van der Waals surface area contributed by atoms with E-state index in [2.05, 4.69) is 48.3 Å². The summed E-state index contributed by atoms with van der Waals surface area (Å²) < 4.78 is 0. The lowest BCUT2D eigenvalue weighted by Gasteiger charge is -2.38. The molecule has 2 atom stereocenters. The predicted octanol–water partition coefficient (Wildman–Crippen LogP) is 2.63. The molecule has 0 fully saturated rings.